The van der Waals surface area contributed by atoms with E-state index in [1.54, 1.807) is 0 Å². The standard InChI is InChI=1S/C22H26O2/c1-3-5-11-23-21-9-7-17-14-20-16-22(24-12-6-4-2)10-8-18(20)13-19(17)15-21/h7-10,13-16H,3-6,11-12H2,1-2H3. The van der Waals surface area contributed by atoms with Crippen LogP contribution in [0.2, 0.25) is 0 Å². The number of ether oxygens (including phenoxy) is 2. The summed E-state index contributed by atoms with van der Waals surface area (Å²) in [7, 11) is 0. The minimum atomic E-state index is 0.786. The van der Waals surface area contributed by atoms with Crippen molar-refractivity contribution in [2.45, 2.75) is 39.5 Å². The molecule has 2 heteroatoms. The van der Waals surface area contributed by atoms with E-state index in [-0.39, 0.29) is 0 Å². The van der Waals surface area contributed by atoms with Crippen molar-refractivity contribution in [3.63, 3.8) is 0 Å². The first-order valence-electron chi connectivity index (χ1n) is 9.03. The molecule has 0 bridgehead atoms. The van der Waals surface area contributed by atoms with Crippen LogP contribution in [0.15, 0.2) is 48.5 Å². The van der Waals surface area contributed by atoms with Crippen molar-refractivity contribution >= 4 is 21.5 Å². The molecule has 0 N–H and O–H groups in total. The van der Waals surface area contributed by atoms with E-state index in [4.69, 9.17) is 9.47 Å². The molecule has 3 aromatic carbocycles. The molecule has 0 unspecified atom stereocenters. The highest BCUT2D eigenvalue weighted by Crippen LogP contribution is 2.28. The van der Waals surface area contributed by atoms with Gasteiger partial charge in [-0.15, -0.1) is 0 Å². The number of benzene rings is 3. The maximum atomic E-state index is 5.82. The van der Waals surface area contributed by atoms with Crippen LogP contribution in [-0.2, 0) is 0 Å². The smallest absolute Gasteiger partial charge is 0.119 e. The summed E-state index contributed by atoms with van der Waals surface area (Å²) in [6, 6.07) is 17.1. The van der Waals surface area contributed by atoms with Crippen LogP contribution in [0.25, 0.3) is 21.5 Å². The Bertz CT molecular complexity index is 738. The van der Waals surface area contributed by atoms with E-state index >= 15 is 0 Å². The van der Waals surface area contributed by atoms with Gasteiger partial charge in [-0.05, 0) is 70.8 Å². The van der Waals surface area contributed by atoms with E-state index in [0.717, 1.165) is 50.4 Å². The highest BCUT2D eigenvalue weighted by Gasteiger charge is 2.03. The van der Waals surface area contributed by atoms with Gasteiger partial charge in [0, 0.05) is 0 Å². The molecule has 0 saturated heterocycles. The maximum absolute atomic E-state index is 5.82. The molecule has 0 fully saturated rings. The first kappa shape index (κ1) is 16.6. The first-order chi connectivity index (χ1) is 11.8. The molecule has 0 heterocycles. The third-order valence-corrected chi connectivity index (χ3v) is 4.27. The molecule has 24 heavy (non-hydrogen) atoms. The Morgan fingerprint density at radius 1 is 0.583 bits per heavy atom. The fourth-order valence-corrected chi connectivity index (χ4v) is 2.80. The Kier molecular flexibility index (Phi) is 5.58. The lowest BCUT2D eigenvalue weighted by Gasteiger charge is -2.09. The molecule has 0 radical (unpaired) electrons. The van der Waals surface area contributed by atoms with Gasteiger partial charge in [0.15, 0.2) is 0 Å². The molecule has 0 aliphatic heterocycles. The molecule has 0 aliphatic carbocycles. The first-order valence-corrected chi connectivity index (χ1v) is 9.03. The van der Waals surface area contributed by atoms with Crippen LogP contribution in [0.3, 0.4) is 0 Å². The normalized spacial score (nSPS) is 11.1. The van der Waals surface area contributed by atoms with E-state index in [1.807, 2.05) is 0 Å². The average molecular weight is 322 g/mol. The summed E-state index contributed by atoms with van der Waals surface area (Å²) in [5.41, 5.74) is 0. The molecular weight excluding hydrogens is 296 g/mol. The minimum absolute atomic E-state index is 0.786. The van der Waals surface area contributed by atoms with Crippen LogP contribution in [0, 0.1) is 0 Å². The second-order valence-electron chi connectivity index (χ2n) is 6.27. The topological polar surface area (TPSA) is 18.5 Å². The number of unbranched alkanes of at least 4 members (excludes halogenated alkanes) is 2. The van der Waals surface area contributed by atoms with Crippen LogP contribution in [0.4, 0.5) is 0 Å². The Balaban J connectivity index is 1.85. The highest BCUT2D eigenvalue weighted by atomic mass is 16.5. The van der Waals surface area contributed by atoms with E-state index < -0.39 is 0 Å². The highest BCUT2D eigenvalue weighted by molar-refractivity contribution is 5.99. The van der Waals surface area contributed by atoms with Crippen LogP contribution in [0.5, 0.6) is 11.5 Å². The third-order valence-electron chi connectivity index (χ3n) is 4.27. The lowest BCUT2D eigenvalue weighted by atomic mass is 10.0. The summed E-state index contributed by atoms with van der Waals surface area (Å²) >= 11 is 0. The summed E-state index contributed by atoms with van der Waals surface area (Å²) in [5, 5.41) is 4.90. The quantitative estimate of drug-likeness (QED) is 0.355. The van der Waals surface area contributed by atoms with Gasteiger partial charge >= 0.3 is 0 Å². The van der Waals surface area contributed by atoms with Crippen molar-refractivity contribution in [2.75, 3.05) is 13.2 Å². The molecule has 0 aliphatic rings. The Morgan fingerprint density at radius 3 is 1.46 bits per heavy atom. The van der Waals surface area contributed by atoms with E-state index in [9.17, 15) is 0 Å². The molecule has 3 rings (SSSR count). The fraction of sp³-hybridized carbons (Fsp3) is 0.364. The molecule has 0 aromatic heterocycles. The van der Waals surface area contributed by atoms with E-state index in [1.165, 1.54) is 21.5 Å². The number of hydrogen-bond donors (Lipinski definition) is 0. The van der Waals surface area contributed by atoms with Crippen LogP contribution >= 0.6 is 0 Å². The Morgan fingerprint density at radius 2 is 1.04 bits per heavy atom. The van der Waals surface area contributed by atoms with Crippen molar-refractivity contribution in [1.82, 2.24) is 0 Å². The molecule has 0 amide bonds. The summed E-state index contributed by atoms with van der Waals surface area (Å²) in [4.78, 5) is 0. The molecule has 0 spiro atoms. The summed E-state index contributed by atoms with van der Waals surface area (Å²) in [6.07, 6.45) is 4.49. The molecule has 0 atom stereocenters. The summed E-state index contributed by atoms with van der Waals surface area (Å²) in [6.45, 7) is 5.92. The van der Waals surface area contributed by atoms with Gasteiger partial charge in [-0.1, -0.05) is 38.8 Å². The lowest BCUT2D eigenvalue weighted by Crippen LogP contribution is -1.96. The van der Waals surface area contributed by atoms with Gasteiger partial charge in [-0.25, -0.2) is 0 Å². The van der Waals surface area contributed by atoms with Gasteiger partial charge in [0.1, 0.15) is 11.5 Å². The van der Waals surface area contributed by atoms with Gasteiger partial charge in [0.2, 0.25) is 0 Å². The lowest BCUT2D eigenvalue weighted by molar-refractivity contribution is 0.309. The van der Waals surface area contributed by atoms with Crippen LogP contribution in [0.1, 0.15) is 39.5 Å². The van der Waals surface area contributed by atoms with Crippen LogP contribution < -0.4 is 9.47 Å². The minimum Gasteiger partial charge on any atom is -0.494 e. The average Bonchev–Trinajstić information content (AvgIpc) is 2.60. The molecular formula is C22H26O2. The SMILES string of the molecule is CCCCOc1ccc2cc3cc(OCCCC)ccc3cc2c1. The van der Waals surface area contributed by atoms with E-state index in [2.05, 4.69) is 62.4 Å². The third kappa shape index (κ3) is 4.00. The monoisotopic (exact) mass is 322 g/mol. The van der Waals surface area contributed by atoms with Gasteiger partial charge < -0.3 is 9.47 Å². The molecule has 126 valence electrons. The molecule has 3 aromatic rings. The zero-order chi connectivity index (χ0) is 16.8. The predicted octanol–water partition coefficient (Wildman–Crippen LogP) is 6.35. The molecule has 2 nitrogen and oxygen atoms in total. The Labute approximate surface area is 144 Å². The van der Waals surface area contributed by atoms with Gasteiger partial charge in [0.05, 0.1) is 13.2 Å². The van der Waals surface area contributed by atoms with Crippen molar-refractivity contribution in [3.8, 4) is 11.5 Å². The second kappa shape index (κ2) is 8.05. The zero-order valence-electron chi connectivity index (χ0n) is 14.7. The van der Waals surface area contributed by atoms with Gasteiger partial charge in [0.25, 0.3) is 0 Å². The summed E-state index contributed by atoms with van der Waals surface area (Å²) in [5.74, 6) is 1.91. The van der Waals surface area contributed by atoms with Gasteiger partial charge in [-0.2, -0.15) is 0 Å². The van der Waals surface area contributed by atoms with Crippen molar-refractivity contribution < 1.29 is 9.47 Å². The Hall–Kier alpha value is -2.22. The maximum Gasteiger partial charge on any atom is 0.119 e. The molecule has 0 saturated carbocycles. The predicted molar refractivity (Wildman–Crippen MR) is 102 cm³/mol. The number of rotatable bonds is 8. The second-order valence-corrected chi connectivity index (χ2v) is 6.27. The zero-order valence-corrected chi connectivity index (χ0v) is 14.7. The number of fused-ring (bicyclic) bond motifs is 2. The van der Waals surface area contributed by atoms with Crippen molar-refractivity contribution in [2.24, 2.45) is 0 Å². The largest absolute Gasteiger partial charge is 0.494 e. The fourth-order valence-electron chi connectivity index (χ4n) is 2.80. The number of hydrogen-bond acceptors (Lipinski definition) is 2. The van der Waals surface area contributed by atoms with Crippen molar-refractivity contribution in [1.29, 1.82) is 0 Å². The van der Waals surface area contributed by atoms with Gasteiger partial charge in [-0.3, -0.25) is 0 Å². The van der Waals surface area contributed by atoms with Crippen LogP contribution in [-0.4, -0.2) is 13.2 Å². The van der Waals surface area contributed by atoms with E-state index in [0.29, 0.717) is 0 Å². The van der Waals surface area contributed by atoms with Crippen molar-refractivity contribution in [3.05, 3.63) is 48.5 Å². The summed E-state index contributed by atoms with van der Waals surface area (Å²) < 4.78 is 11.6.